The summed E-state index contributed by atoms with van der Waals surface area (Å²) in [7, 11) is -1.02. The summed E-state index contributed by atoms with van der Waals surface area (Å²) in [6.45, 7) is 7.52. The van der Waals surface area contributed by atoms with Gasteiger partial charge in [0.1, 0.15) is 12.1 Å². The highest BCUT2D eigenvalue weighted by Gasteiger charge is 2.33. The number of ether oxygens (including phenoxy) is 1. The van der Waals surface area contributed by atoms with Crippen LogP contribution < -0.4 is 16.1 Å². The van der Waals surface area contributed by atoms with Gasteiger partial charge in [0, 0.05) is 5.56 Å². The van der Waals surface area contributed by atoms with Crippen molar-refractivity contribution in [2.75, 3.05) is 13.1 Å². The molecule has 1 fully saturated rings. The van der Waals surface area contributed by atoms with Gasteiger partial charge in [0.05, 0.1) is 6.61 Å². The maximum atomic E-state index is 12.8. The molecule has 1 aromatic rings. The van der Waals surface area contributed by atoms with Gasteiger partial charge in [0.2, 0.25) is 0 Å². The Kier molecular flexibility index (Phi) is 6.19. The number of carbonyl (C=O) groups excluding carboxylic acids is 2. The quantitative estimate of drug-likeness (QED) is 0.506. The third-order valence-electron chi connectivity index (χ3n) is 5.27. The molecule has 27 heavy (non-hydrogen) atoms. The lowest BCUT2D eigenvalue weighted by Crippen LogP contribution is -2.47. The number of carbonyl (C=O) groups is 2. The molecule has 146 valence electrons. The lowest BCUT2D eigenvalue weighted by atomic mass is 9.75. The second kappa shape index (κ2) is 8.41. The average molecular weight is 374 g/mol. The summed E-state index contributed by atoms with van der Waals surface area (Å²) < 4.78 is 10.8. The summed E-state index contributed by atoms with van der Waals surface area (Å²) >= 11 is 0. The molecule has 0 radical (unpaired) electrons. The zero-order valence-corrected chi connectivity index (χ0v) is 16.1. The Morgan fingerprint density at radius 1 is 1.33 bits per heavy atom. The van der Waals surface area contributed by atoms with Crippen LogP contribution in [-0.4, -0.2) is 49.3 Å². The van der Waals surface area contributed by atoms with Crippen molar-refractivity contribution in [2.24, 2.45) is 5.92 Å². The first-order valence-corrected chi connectivity index (χ1v) is 9.52. The fraction of sp³-hybridized carbons (Fsp3) is 0.579. The monoisotopic (exact) mass is 374 g/mol. The summed E-state index contributed by atoms with van der Waals surface area (Å²) in [4.78, 5) is 25.5. The minimum absolute atomic E-state index is 0.105. The van der Waals surface area contributed by atoms with Crippen molar-refractivity contribution < 1.29 is 24.0 Å². The van der Waals surface area contributed by atoms with Crippen LogP contribution in [0, 0.1) is 12.8 Å². The molecule has 0 aliphatic carbocycles. The van der Waals surface area contributed by atoms with Crippen LogP contribution in [-0.2, 0) is 20.8 Å². The molecule has 1 saturated heterocycles. The Balaban J connectivity index is 1.72. The predicted octanol–water partition coefficient (Wildman–Crippen LogP) is 0.262. The van der Waals surface area contributed by atoms with Crippen LogP contribution in [0.2, 0.25) is 0 Å². The first-order valence-electron chi connectivity index (χ1n) is 9.52. The fourth-order valence-corrected chi connectivity index (χ4v) is 3.62. The molecule has 2 heterocycles. The van der Waals surface area contributed by atoms with Gasteiger partial charge in [-0.25, -0.2) is 4.79 Å². The van der Waals surface area contributed by atoms with Gasteiger partial charge in [-0.05, 0) is 61.4 Å². The Morgan fingerprint density at radius 3 is 2.70 bits per heavy atom. The Bertz CT molecular complexity index is 718. The van der Waals surface area contributed by atoms with Gasteiger partial charge in [0.15, 0.2) is 0 Å². The largest absolute Gasteiger partial charge is 0.492 e. The van der Waals surface area contributed by atoms with E-state index in [1.165, 1.54) is 0 Å². The maximum absolute atomic E-state index is 12.8. The minimum atomic E-state index is -1.02. The molecule has 1 amide bonds. The molecule has 0 spiro atoms. The maximum Gasteiger partial charge on any atom is 0.492 e. The highest BCUT2D eigenvalue weighted by Crippen LogP contribution is 2.17. The number of piperidine rings is 1. The van der Waals surface area contributed by atoms with E-state index in [0.29, 0.717) is 23.2 Å². The van der Waals surface area contributed by atoms with E-state index in [1.54, 1.807) is 19.1 Å². The molecule has 1 aromatic carbocycles. The van der Waals surface area contributed by atoms with E-state index in [0.717, 1.165) is 31.5 Å². The van der Waals surface area contributed by atoms with Gasteiger partial charge in [-0.15, -0.1) is 0 Å². The topological polar surface area (TPSA) is 96.9 Å². The third kappa shape index (κ3) is 4.34. The van der Waals surface area contributed by atoms with Crippen LogP contribution in [0.5, 0.6) is 0 Å². The smallest absolute Gasteiger partial charge is 0.461 e. The standard InChI is InChI=1S/C19H27BN2O5/c1-11(2)17(19(24)27-14-6-8-21-9-7-14)22-18(23)15-5-4-13-10-26-20(25)16(13)12(15)3/h4-5,11,14,17,21,25H,6-10H2,1-3H3,(H,22,23). The number of hydrogen-bond donors (Lipinski definition) is 3. The van der Waals surface area contributed by atoms with Gasteiger partial charge in [-0.3, -0.25) is 4.79 Å². The van der Waals surface area contributed by atoms with E-state index in [2.05, 4.69) is 10.6 Å². The number of amides is 1. The van der Waals surface area contributed by atoms with E-state index in [9.17, 15) is 14.6 Å². The Hall–Kier alpha value is -1.90. The van der Waals surface area contributed by atoms with Crippen molar-refractivity contribution >= 4 is 24.5 Å². The number of hydrogen-bond acceptors (Lipinski definition) is 6. The van der Waals surface area contributed by atoms with Crippen molar-refractivity contribution in [2.45, 2.75) is 52.4 Å². The predicted molar refractivity (Wildman–Crippen MR) is 102 cm³/mol. The fourth-order valence-electron chi connectivity index (χ4n) is 3.62. The zero-order chi connectivity index (χ0) is 19.6. The molecule has 8 heteroatoms. The lowest BCUT2D eigenvalue weighted by molar-refractivity contribution is -0.153. The summed E-state index contributed by atoms with van der Waals surface area (Å²) in [5.41, 5.74) is 2.62. The van der Waals surface area contributed by atoms with Gasteiger partial charge >= 0.3 is 13.1 Å². The number of rotatable bonds is 5. The van der Waals surface area contributed by atoms with Crippen molar-refractivity contribution in [3.05, 3.63) is 28.8 Å². The molecule has 0 saturated carbocycles. The van der Waals surface area contributed by atoms with Crippen molar-refractivity contribution in [3.63, 3.8) is 0 Å². The van der Waals surface area contributed by atoms with Crippen LogP contribution in [0.3, 0.4) is 0 Å². The number of fused-ring (bicyclic) bond motifs is 1. The Morgan fingerprint density at radius 2 is 2.04 bits per heavy atom. The van der Waals surface area contributed by atoms with E-state index < -0.39 is 19.1 Å². The van der Waals surface area contributed by atoms with Crippen LogP contribution in [0.15, 0.2) is 12.1 Å². The van der Waals surface area contributed by atoms with Gasteiger partial charge in [-0.2, -0.15) is 0 Å². The van der Waals surface area contributed by atoms with Crippen LogP contribution in [0.4, 0.5) is 0 Å². The van der Waals surface area contributed by atoms with Gasteiger partial charge in [0.25, 0.3) is 5.91 Å². The van der Waals surface area contributed by atoms with Crippen molar-refractivity contribution in [1.82, 2.24) is 10.6 Å². The molecule has 2 aliphatic rings. The first-order chi connectivity index (χ1) is 12.9. The second-order valence-electron chi connectivity index (χ2n) is 7.56. The highest BCUT2D eigenvalue weighted by molar-refractivity contribution is 6.62. The van der Waals surface area contributed by atoms with Crippen LogP contribution >= 0.6 is 0 Å². The molecule has 3 rings (SSSR count). The summed E-state index contributed by atoms with van der Waals surface area (Å²) in [6.07, 6.45) is 1.46. The third-order valence-corrected chi connectivity index (χ3v) is 5.27. The number of nitrogens with one attached hydrogen (secondary N) is 2. The molecule has 0 aromatic heterocycles. The summed E-state index contributed by atoms with van der Waals surface area (Å²) in [6, 6.07) is 2.77. The summed E-state index contributed by atoms with van der Waals surface area (Å²) in [5, 5.41) is 16.0. The molecule has 7 nitrogen and oxygen atoms in total. The van der Waals surface area contributed by atoms with E-state index in [1.807, 2.05) is 13.8 Å². The molecular formula is C19H27BN2O5. The summed E-state index contributed by atoms with van der Waals surface area (Å²) in [5.74, 6) is -0.852. The number of esters is 1. The second-order valence-corrected chi connectivity index (χ2v) is 7.56. The van der Waals surface area contributed by atoms with Crippen LogP contribution in [0.1, 0.15) is 48.2 Å². The van der Waals surface area contributed by atoms with E-state index in [-0.39, 0.29) is 17.9 Å². The van der Waals surface area contributed by atoms with Crippen LogP contribution in [0.25, 0.3) is 0 Å². The molecule has 3 N–H and O–H groups in total. The lowest BCUT2D eigenvalue weighted by Gasteiger charge is -2.27. The molecule has 0 bridgehead atoms. The Labute approximate surface area is 160 Å². The van der Waals surface area contributed by atoms with Crippen molar-refractivity contribution in [3.8, 4) is 0 Å². The minimum Gasteiger partial charge on any atom is -0.461 e. The SMILES string of the molecule is Cc1c(C(=O)NC(C(=O)OC2CCNCC2)C(C)C)ccc2c1B(O)OC2. The van der Waals surface area contributed by atoms with E-state index >= 15 is 0 Å². The van der Waals surface area contributed by atoms with E-state index in [4.69, 9.17) is 9.39 Å². The first kappa shape index (κ1) is 19.9. The number of benzene rings is 1. The molecule has 1 atom stereocenters. The highest BCUT2D eigenvalue weighted by atomic mass is 16.5. The molecular weight excluding hydrogens is 347 g/mol. The molecule has 2 aliphatic heterocycles. The van der Waals surface area contributed by atoms with Crippen molar-refractivity contribution in [1.29, 1.82) is 0 Å². The average Bonchev–Trinajstić information content (AvgIpc) is 3.02. The zero-order valence-electron chi connectivity index (χ0n) is 16.1. The van der Waals surface area contributed by atoms with Gasteiger partial charge < -0.3 is 25.0 Å². The van der Waals surface area contributed by atoms with Gasteiger partial charge in [-0.1, -0.05) is 19.9 Å². The normalized spacial score (nSPS) is 18.3. The molecule has 1 unspecified atom stereocenters.